The van der Waals surface area contributed by atoms with Crippen molar-refractivity contribution in [2.75, 3.05) is 17.2 Å². The standard InChI is InChI=1S/C12H17N3O2/c1-9(16)14-10-4-6-11(7-5-10)15-12(17)3-2-8-13/h4-7H,2-3,8,13H2,1H3,(H,14,16)(H,15,17). The largest absolute Gasteiger partial charge is 0.330 e. The van der Waals surface area contributed by atoms with Gasteiger partial charge in [0.15, 0.2) is 0 Å². The van der Waals surface area contributed by atoms with Crippen molar-refractivity contribution < 1.29 is 9.59 Å². The Morgan fingerprint density at radius 3 is 2.12 bits per heavy atom. The van der Waals surface area contributed by atoms with Gasteiger partial charge in [-0.15, -0.1) is 0 Å². The van der Waals surface area contributed by atoms with Crippen LogP contribution in [0.5, 0.6) is 0 Å². The van der Waals surface area contributed by atoms with Gasteiger partial charge in [0.25, 0.3) is 0 Å². The van der Waals surface area contributed by atoms with Crippen LogP contribution in [0.3, 0.4) is 0 Å². The molecule has 0 bridgehead atoms. The van der Waals surface area contributed by atoms with Gasteiger partial charge in [0.1, 0.15) is 0 Å². The average Bonchev–Trinajstić information content (AvgIpc) is 2.28. The van der Waals surface area contributed by atoms with Gasteiger partial charge in [-0.2, -0.15) is 0 Å². The maximum Gasteiger partial charge on any atom is 0.224 e. The van der Waals surface area contributed by atoms with Gasteiger partial charge >= 0.3 is 0 Å². The lowest BCUT2D eigenvalue weighted by molar-refractivity contribution is -0.116. The quantitative estimate of drug-likeness (QED) is 0.719. The van der Waals surface area contributed by atoms with Gasteiger partial charge in [-0.25, -0.2) is 0 Å². The number of carbonyl (C=O) groups is 2. The number of rotatable bonds is 5. The van der Waals surface area contributed by atoms with Crippen molar-refractivity contribution in [3.05, 3.63) is 24.3 Å². The van der Waals surface area contributed by atoms with Crippen molar-refractivity contribution in [3.8, 4) is 0 Å². The molecule has 0 saturated carbocycles. The lowest BCUT2D eigenvalue weighted by Crippen LogP contribution is -2.13. The zero-order valence-electron chi connectivity index (χ0n) is 9.82. The number of carbonyl (C=O) groups excluding carboxylic acids is 2. The highest BCUT2D eigenvalue weighted by Crippen LogP contribution is 2.13. The summed E-state index contributed by atoms with van der Waals surface area (Å²) >= 11 is 0. The highest BCUT2D eigenvalue weighted by atomic mass is 16.2. The highest BCUT2D eigenvalue weighted by Gasteiger charge is 2.01. The van der Waals surface area contributed by atoms with Crippen LogP contribution >= 0.6 is 0 Å². The minimum absolute atomic E-state index is 0.0530. The van der Waals surface area contributed by atoms with E-state index in [-0.39, 0.29) is 11.8 Å². The van der Waals surface area contributed by atoms with Gasteiger partial charge in [0.05, 0.1) is 0 Å². The van der Waals surface area contributed by atoms with Crippen molar-refractivity contribution in [1.82, 2.24) is 0 Å². The van der Waals surface area contributed by atoms with Crippen LogP contribution in [-0.2, 0) is 9.59 Å². The summed E-state index contributed by atoms with van der Waals surface area (Å²) in [5, 5.41) is 5.40. The predicted octanol–water partition coefficient (Wildman–Crippen LogP) is 1.32. The third kappa shape index (κ3) is 5.12. The SMILES string of the molecule is CC(=O)Nc1ccc(NC(=O)CCCN)cc1. The van der Waals surface area contributed by atoms with Crippen LogP contribution < -0.4 is 16.4 Å². The van der Waals surface area contributed by atoms with Crippen molar-refractivity contribution in [1.29, 1.82) is 0 Å². The van der Waals surface area contributed by atoms with E-state index in [1.54, 1.807) is 24.3 Å². The lowest BCUT2D eigenvalue weighted by atomic mass is 10.2. The summed E-state index contributed by atoms with van der Waals surface area (Å²) in [5.41, 5.74) is 6.73. The van der Waals surface area contributed by atoms with Gasteiger partial charge in [0, 0.05) is 24.7 Å². The maximum atomic E-state index is 11.4. The number of hydrogen-bond donors (Lipinski definition) is 3. The summed E-state index contributed by atoms with van der Waals surface area (Å²) in [6.07, 6.45) is 1.10. The molecule has 5 heteroatoms. The van der Waals surface area contributed by atoms with E-state index >= 15 is 0 Å². The Kier molecular flexibility index (Phi) is 5.16. The Morgan fingerprint density at radius 2 is 1.65 bits per heavy atom. The molecule has 0 radical (unpaired) electrons. The fourth-order valence-electron chi connectivity index (χ4n) is 1.33. The van der Waals surface area contributed by atoms with Crippen molar-refractivity contribution in [2.45, 2.75) is 19.8 Å². The van der Waals surface area contributed by atoms with Crippen LogP contribution in [-0.4, -0.2) is 18.4 Å². The summed E-state index contributed by atoms with van der Waals surface area (Å²) in [6.45, 7) is 1.96. The van der Waals surface area contributed by atoms with Crippen LogP contribution in [0, 0.1) is 0 Å². The third-order valence-electron chi connectivity index (χ3n) is 2.10. The first-order valence-corrected chi connectivity index (χ1v) is 5.49. The van der Waals surface area contributed by atoms with E-state index in [0.717, 1.165) is 0 Å². The molecule has 5 nitrogen and oxygen atoms in total. The summed E-state index contributed by atoms with van der Waals surface area (Å²) in [5.74, 6) is -0.174. The summed E-state index contributed by atoms with van der Waals surface area (Å²) in [4.78, 5) is 22.2. The van der Waals surface area contributed by atoms with Crippen molar-refractivity contribution in [2.24, 2.45) is 5.73 Å². The first-order valence-electron chi connectivity index (χ1n) is 5.49. The molecule has 0 atom stereocenters. The normalized spacial score (nSPS) is 9.76. The molecule has 0 aliphatic carbocycles. The Labute approximate surface area is 100 Å². The fourth-order valence-corrected chi connectivity index (χ4v) is 1.33. The lowest BCUT2D eigenvalue weighted by Gasteiger charge is -2.06. The van der Waals surface area contributed by atoms with E-state index in [0.29, 0.717) is 30.8 Å². The fraction of sp³-hybridized carbons (Fsp3) is 0.333. The minimum atomic E-state index is -0.121. The van der Waals surface area contributed by atoms with Gasteiger partial charge < -0.3 is 16.4 Å². The Balaban J connectivity index is 2.50. The molecule has 0 aliphatic rings. The molecule has 0 spiro atoms. The van der Waals surface area contributed by atoms with E-state index in [4.69, 9.17) is 5.73 Å². The molecule has 0 saturated heterocycles. The zero-order chi connectivity index (χ0) is 12.7. The highest BCUT2D eigenvalue weighted by molar-refractivity contribution is 5.92. The molecular weight excluding hydrogens is 218 g/mol. The van der Waals surface area contributed by atoms with Crippen molar-refractivity contribution >= 4 is 23.2 Å². The van der Waals surface area contributed by atoms with Crippen LogP contribution in [0.2, 0.25) is 0 Å². The molecule has 4 N–H and O–H groups in total. The van der Waals surface area contributed by atoms with E-state index in [1.807, 2.05) is 0 Å². The first kappa shape index (κ1) is 13.2. The van der Waals surface area contributed by atoms with E-state index in [1.165, 1.54) is 6.92 Å². The summed E-state index contributed by atoms with van der Waals surface area (Å²) < 4.78 is 0. The average molecular weight is 235 g/mol. The molecule has 0 aliphatic heterocycles. The Hall–Kier alpha value is -1.88. The van der Waals surface area contributed by atoms with Crippen LogP contribution in [0.15, 0.2) is 24.3 Å². The molecule has 0 aromatic heterocycles. The molecule has 1 aromatic carbocycles. The Bertz CT molecular complexity index is 387. The second kappa shape index (κ2) is 6.65. The minimum Gasteiger partial charge on any atom is -0.330 e. The topological polar surface area (TPSA) is 84.2 Å². The molecular formula is C12H17N3O2. The second-order valence-electron chi connectivity index (χ2n) is 3.70. The smallest absolute Gasteiger partial charge is 0.224 e. The molecule has 0 unspecified atom stereocenters. The van der Waals surface area contributed by atoms with E-state index in [2.05, 4.69) is 10.6 Å². The number of benzene rings is 1. The van der Waals surface area contributed by atoms with E-state index < -0.39 is 0 Å². The number of amides is 2. The first-order chi connectivity index (χ1) is 8.11. The molecule has 0 heterocycles. The van der Waals surface area contributed by atoms with Crippen LogP contribution in [0.4, 0.5) is 11.4 Å². The van der Waals surface area contributed by atoms with Crippen molar-refractivity contribution in [3.63, 3.8) is 0 Å². The predicted molar refractivity (Wildman–Crippen MR) is 67.7 cm³/mol. The monoisotopic (exact) mass is 235 g/mol. The number of nitrogens with two attached hydrogens (primary N) is 1. The molecule has 92 valence electrons. The molecule has 2 amide bonds. The number of hydrogen-bond acceptors (Lipinski definition) is 3. The second-order valence-corrected chi connectivity index (χ2v) is 3.70. The molecule has 17 heavy (non-hydrogen) atoms. The number of nitrogens with one attached hydrogen (secondary N) is 2. The van der Waals surface area contributed by atoms with Gasteiger partial charge in [-0.3, -0.25) is 9.59 Å². The summed E-state index contributed by atoms with van der Waals surface area (Å²) in [6, 6.07) is 6.96. The molecule has 0 fully saturated rings. The van der Waals surface area contributed by atoms with E-state index in [9.17, 15) is 9.59 Å². The molecule has 1 aromatic rings. The maximum absolute atomic E-state index is 11.4. The van der Waals surface area contributed by atoms with Gasteiger partial charge in [-0.1, -0.05) is 0 Å². The number of anilines is 2. The molecule has 1 rings (SSSR count). The van der Waals surface area contributed by atoms with Gasteiger partial charge in [0.2, 0.25) is 11.8 Å². The van der Waals surface area contributed by atoms with Crippen LogP contribution in [0.25, 0.3) is 0 Å². The third-order valence-corrected chi connectivity index (χ3v) is 2.10. The van der Waals surface area contributed by atoms with Crippen LogP contribution in [0.1, 0.15) is 19.8 Å². The zero-order valence-corrected chi connectivity index (χ0v) is 9.82. The Morgan fingerprint density at radius 1 is 1.12 bits per heavy atom. The summed E-state index contributed by atoms with van der Waals surface area (Å²) in [7, 11) is 0. The van der Waals surface area contributed by atoms with Gasteiger partial charge in [-0.05, 0) is 37.2 Å².